The van der Waals surface area contributed by atoms with Crippen LogP contribution >= 0.6 is 0 Å². The van der Waals surface area contributed by atoms with E-state index in [1.165, 1.54) is 28.6 Å². The normalized spacial score (nSPS) is 11.6. The van der Waals surface area contributed by atoms with Crippen LogP contribution in [0.25, 0.3) is 17.0 Å². The molecule has 0 saturated heterocycles. The van der Waals surface area contributed by atoms with Gasteiger partial charge >= 0.3 is 0 Å². The summed E-state index contributed by atoms with van der Waals surface area (Å²) in [6.45, 7) is 1.65. The van der Waals surface area contributed by atoms with Gasteiger partial charge in [-0.2, -0.15) is 0 Å². The van der Waals surface area contributed by atoms with Gasteiger partial charge in [0.2, 0.25) is 0 Å². The number of likely N-dealkylation sites (N-methyl/N-ethyl adjacent to an activating group) is 1. The molecule has 0 spiro atoms. The van der Waals surface area contributed by atoms with Crippen LogP contribution in [0.2, 0.25) is 0 Å². The molecular formula is C19H19N3O2. The van der Waals surface area contributed by atoms with Crippen molar-refractivity contribution in [3.63, 3.8) is 0 Å². The Morgan fingerprint density at radius 1 is 1.17 bits per heavy atom. The summed E-state index contributed by atoms with van der Waals surface area (Å²) in [7, 11) is 2.07. The van der Waals surface area contributed by atoms with E-state index in [0.29, 0.717) is 0 Å². The van der Waals surface area contributed by atoms with Crippen LogP contribution < -0.4 is 0 Å². The summed E-state index contributed by atoms with van der Waals surface area (Å²) in [5, 5.41) is 11.9. The zero-order chi connectivity index (χ0) is 16.9. The maximum atomic E-state index is 10.6. The van der Waals surface area contributed by atoms with Crippen LogP contribution in [0.15, 0.2) is 60.8 Å². The average molecular weight is 321 g/mol. The van der Waals surface area contributed by atoms with E-state index in [-0.39, 0.29) is 10.6 Å². The largest absolute Gasteiger partial charge is 0.361 e. The highest BCUT2D eigenvalue weighted by Crippen LogP contribution is 2.18. The van der Waals surface area contributed by atoms with Crippen LogP contribution in [0.5, 0.6) is 0 Å². The molecular weight excluding hydrogens is 302 g/mol. The summed E-state index contributed by atoms with van der Waals surface area (Å²) in [6, 6.07) is 15.0. The van der Waals surface area contributed by atoms with Crippen molar-refractivity contribution in [2.45, 2.75) is 6.54 Å². The fraction of sp³-hybridized carbons (Fsp3) is 0.158. The lowest BCUT2D eigenvalue weighted by Gasteiger charge is -2.15. The number of hydrogen-bond donors (Lipinski definition) is 1. The van der Waals surface area contributed by atoms with E-state index in [4.69, 9.17) is 0 Å². The lowest BCUT2D eigenvalue weighted by Crippen LogP contribution is -2.17. The van der Waals surface area contributed by atoms with Gasteiger partial charge in [0.1, 0.15) is 0 Å². The Balaban J connectivity index is 1.60. The van der Waals surface area contributed by atoms with Crippen molar-refractivity contribution in [1.82, 2.24) is 9.88 Å². The second-order valence-corrected chi connectivity index (χ2v) is 5.81. The molecule has 1 N–H and O–H groups in total. The quantitative estimate of drug-likeness (QED) is 0.546. The number of aromatic nitrogens is 1. The smallest absolute Gasteiger partial charge is 0.269 e. The molecule has 0 unspecified atom stereocenters. The number of non-ortho nitro benzene ring substituents is 1. The molecule has 3 rings (SSSR count). The monoisotopic (exact) mass is 321 g/mol. The molecule has 122 valence electrons. The van der Waals surface area contributed by atoms with Gasteiger partial charge in [-0.15, -0.1) is 0 Å². The van der Waals surface area contributed by atoms with Gasteiger partial charge in [-0.05, 0) is 41.8 Å². The first kappa shape index (κ1) is 16.0. The molecule has 0 amide bonds. The predicted molar refractivity (Wildman–Crippen MR) is 96.8 cm³/mol. The number of nitrogens with zero attached hydrogens (tertiary/aromatic N) is 2. The fourth-order valence-electron chi connectivity index (χ4n) is 2.71. The SMILES string of the molecule is CN(CC=Cc1ccc([N+](=O)[O-])cc1)Cc1cccc2cc[nH]c12. The standard InChI is InChI=1S/C19H19N3O2/c1-21(14-17-6-2-5-16-11-12-20-19(16)17)13-3-4-15-7-9-18(10-8-15)22(23)24/h2-12,20H,13-14H2,1H3. The van der Waals surface area contributed by atoms with Crippen molar-refractivity contribution < 1.29 is 4.92 Å². The molecule has 0 aliphatic heterocycles. The Morgan fingerprint density at radius 3 is 2.71 bits per heavy atom. The van der Waals surface area contributed by atoms with Gasteiger partial charge in [0, 0.05) is 36.9 Å². The van der Waals surface area contributed by atoms with Gasteiger partial charge in [0.05, 0.1) is 4.92 Å². The number of para-hydroxylation sites is 1. The number of nitro groups is 1. The number of nitro benzene ring substituents is 1. The van der Waals surface area contributed by atoms with E-state index in [9.17, 15) is 10.1 Å². The van der Waals surface area contributed by atoms with Crippen molar-refractivity contribution >= 4 is 22.7 Å². The van der Waals surface area contributed by atoms with Gasteiger partial charge in [-0.25, -0.2) is 0 Å². The van der Waals surface area contributed by atoms with E-state index < -0.39 is 0 Å². The molecule has 5 nitrogen and oxygen atoms in total. The average Bonchev–Trinajstić information content (AvgIpc) is 3.05. The van der Waals surface area contributed by atoms with Crippen molar-refractivity contribution in [1.29, 1.82) is 0 Å². The third-order valence-electron chi connectivity index (χ3n) is 3.95. The van der Waals surface area contributed by atoms with Crippen LogP contribution in [-0.2, 0) is 6.54 Å². The summed E-state index contributed by atoms with van der Waals surface area (Å²) in [5.41, 5.74) is 3.52. The number of H-pyrrole nitrogens is 1. The molecule has 0 aliphatic rings. The Morgan fingerprint density at radius 2 is 1.96 bits per heavy atom. The molecule has 1 heterocycles. The Labute approximate surface area is 140 Å². The molecule has 0 fully saturated rings. The predicted octanol–water partition coefficient (Wildman–Crippen LogP) is 4.22. The second kappa shape index (κ2) is 7.10. The summed E-state index contributed by atoms with van der Waals surface area (Å²) < 4.78 is 0. The summed E-state index contributed by atoms with van der Waals surface area (Å²) >= 11 is 0. The molecule has 0 aliphatic carbocycles. The van der Waals surface area contributed by atoms with Crippen LogP contribution in [0.1, 0.15) is 11.1 Å². The summed E-state index contributed by atoms with van der Waals surface area (Å²) in [4.78, 5) is 15.8. The Bertz CT molecular complexity index is 866. The van der Waals surface area contributed by atoms with Gasteiger partial charge in [0.25, 0.3) is 5.69 Å². The van der Waals surface area contributed by atoms with Gasteiger partial charge in [-0.3, -0.25) is 15.0 Å². The van der Waals surface area contributed by atoms with Crippen molar-refractivity contribution in [3.05, 3.63) is 82.0 Å². The lowest BCUT2D eigenvalue weighted by atomic mass is 10.1. The minimum absolute atomic E-state index is 0.114. The van der Waals surface area contributed by atoms with E-state index >= 15 is 0 Å². The van der Waals surface area contributed by atoms with E-state index in [1.54, 1.807) is 12.1 Å². The highest BCUT2D eigenvalue weighted by Gasteiger charge is 2.05. The highest BCUT2D eigenvalue weighted by atomic mass is 16.6. The Hall–Kier alpha value is -2.92. The number of fused-ring (bicyclic) bond motifs is 1. The molecule has 0 radical (unpaired) electrons. The molecule has 0 saturated carbocycles. The van der Waals surface area contributed by atoms with E-state index in [2.05, 4.69) is 47.3 Å². The summed E-state index contributed by atoms with van der Waals surface area (Å²) in [5.74, 6) is 0. The maximum Gasteiger partial charge on any atom is 0.269 e. The molecule has 2 aromatic carbocycles. The maximum absolute atomic E-state index is 10.6. The van der Waals surface area contributed by atoms with Crippen molar-refractivity contribution in [3.8, 4) is 0 Å². The van der Waals surface area contributed by atoms with Crippen LogP contribution in [0.4, 0.5) is 5.69 Å². The van der Waals surface area contributed by atoms with Gasteiger partial charge in [-0.1, -0.05) is 30.4 Å². The first-order chi connectivity index (χ1) is 11.6. The minimum atomic E-state index is -0.386. The number of rotatable bonds is 6. The third kappa shape index (κ3) is 3.70. The lowest BCUT2D eigenvalue weighted by molar-refractivity contribution is -0.384. The fourth-order valence-corrected chi connectivity index (χ4v) is 2.71. The van der Waals surface area contributed by atoms with Crippen molar-refractivity contribution in [2.24, 2.45) is 0 Å². The van der Waals surface area contributed by atoms with Crippen LogP contribution in [-0.4, -0.2) is 28.4 Å². The van der Waals surface area contributed by atoms with Crippen LogP contribution in [0.3, 0.4) is 0 Å². The number of hydrogen-bond acceptors (Lipinski definition) is 3. The number of aromatic amines is 1. The first-order valence-corrected chi connectivity index (χ1v) is 7.78. The molecule has 1 aromatic heterocycles. The highest BCUT2D eigenvalue weighted by molar-refractivity contribution is 5.82. The van der Waals surface area contributed by atoms with Crippen molar-refractivity contribution in [2.75, 3.05) is 13.6 Å². The zero-order valence-electron chi connectivity index (χ0n) is 13.5. The third-order valence-corrected chi connectivity index (χ3v) is 3.95. The first-order valence-electron chi connectivity index (χ1n) is 7.78. The molecule has 5 heteroatoms. The molecule has 0 bridgehead atoms. The zero-order valence-corrected chi connectivity index (χ0v) is 13.5. The number of benzene rings is 2. The molecule has 24 heavy (non-hydrogen) atoms. The summed E-state index contributed by atoms with van der Waals surface area (Å²) in [6.07, 6.45) is 6.01. The minimum Gasteiger partial charge on any atom is -0.361 e. The topological polar surface area (TPSA) is 62.2 Å². The van der Waals surface area contributed by atoms with Gasteiger partial charge in [0.15, 0.2) is 0 Å². The Kier molecular flexibility index (Phi) is 4.72. The number of nitrogens with one attached hydrogen (secondary N) is 1. The molecule has 3 aromatic rings. The van der Waals surface area contributed by atoms with E-state index in [1.807, 2.05) is 12.3 Å². The van der Waals surface area contributed by atoms with Gasteiger partial charge < -0.3 is 4.98 Å². The molecule has 0 atom stereocenters. The second-order valence-electron chi connectivity index (χ2n) is 5.81. The van der Waals surface area contributed by atoms with E-state index in [0.717, 1.165) is 18.7 Å². The van der Waals surface area contributed by atoms with Crippen LogP contribution in [0, 0.1) is 10.1 Å².